The summed E-state index contributed by atoms with van der Waals surface area (Å²) >= 11 is 6.47. The van der Waals surface area contributed by atoms with E-state index in [1.54, 1.807) is 23.2 Å². The average Bonchev–Trinajstić information content (AvgIpc) is 3.54. The van der Waals surface area contributed by atoms with Crippen molar-refractivity contribution in [3.8, 4) is 0 Å². The summed E-state index contributed by atoms with van der Waals surface area (Å²) in [7, 11) is -3.36. The third kappa shape index (κ3) is 7.29. The summed E-state index contributed by atoms with van der Waals surface area (Å²) in [5.41, 5.74) is 3.73. The highest BCUT2D eigenvalue weighted by molar-refractivity contribution is 7.90. The molecule has 1 atom stereocenters. The number of amides is 3. The third-order valence-electron chi connectivity index (χ3n) is 9.78. The van der Waals surface area contributed by atoms with Crippen molar-refractivity contribution in [1.29, 1.82) is 0 Å². The predicted octanol–water partition coefficient (Wildman–Crippen LogP) is 3.85. The summed E-state index contributed by atoms with van der Waals surface area (Å²) < 4.78 is 23.9. The van der Waals surface area contributed by atoms with Crippen LogP contribution < -0.4 is 10.2 Å². The Morgan fingerprint density at radius 3 is 2.37 bits per heavy atom. The van der Waals surface area contributed by atoms with Crippen molar-refractivity contribution in [2.75, 3.05) is 63.5 Å². The zero-order chi connectivity index (χ0) is 32.4. The van der Waals surface area contributed by atoms with Gasteiger partial charge >= 0.3 is 6.03 Å². The normalized spacial score (nSPS) is 19.4. The molecule has 1 aromatic heterocycles. The number of aromatic nitrogens is 2. The Labute approximate surface area is 276 Å². The molecule has 3 aliphatic heterocycles. The molecule has 13 heteroatoms. The molecule has 248 valence electrons. The lowest BCUT2D eigenvalue weighted by Crippen LogP contribution is -2.58. The third-order valence-corrected chi connectivity index (χ3v) is 11.2. The second-order valence-corrected chi connectivity index (χ2v) is 15.4. The van der Waals surface area contributed by atoms with E-state index in [9.17, 15) is 18.0 Å². The lowest BCUT2D eigenvalue weighted by Gasteiger charge is -2.41. The van der Waals surface area contributed by atoms with Gasteiger partial charge in [-0.1, -0.05) is 24.1 Å². The van der Waals surface area contributed by atoms with Crippen molar-refractivity contribution in [2.45, 2.75) is 62.4 Å². The Balaban J connectivity index is 1.13. The fourth-order valence-corrected chi connectivity index (χ4v) is 8.20. The van der Waals surface area contributed by atoms with Crippen LogP contribution in [0.25, 0.3) is 10.9 Å². The summed E-state index contributed by atoms with van der Waals surface area (Å²) in [5.74, 6) is -0.0354. The Morgan fingerprint density at radius 2 is 1.70 bits per heavy atom. The molecule has 0 unspecified atom stereocenters. The molecule has 3 saturated heterocycles. The molecule has 2 N–H and O–H groups in total. The zero-order valence-corrected chi connectivity index (χ0v) is 28.2. The molecule has 0 aliphatic carbocycles. The van der Waals surface area contributed by atoms with E-state index >= 15 is 0 Å². The number of aryl methyl sites for hydroxylation is 1. The van der Waals surface area contributed by atoms with Crippen LogP contribution in [-0.2, 0) is 21.1 Å². The van der Waals surface area contributed by atoms with Gasteiger partial charge in [0.25, 0.3) is 0 Å². The Hall–Kier alpha value is -3.35. The molecule has 3 amide bonds. The van der Waals surface area contributed by atoms with Gasteiger partial charge in [0.05, 0.1) is 27.3 Å². The number of hydrogen-bond acceptors (Lipinski definition) is 7. The zero-order valence-electron chi connectivity index (χ0n) is 26.7. The first-order valence-electron chi connectivity index (χ1n) is 16.3. The summed E-state index contributed by atoms with van der Waals surface area (Å²) in [5, 5.41) is 11.7. The minimum atomic E-state index is -3.36. The summed E-state index contributed by atoms with van der Waals surface area (Å²) in [6.45, 7) is 7.67. The van der Waals surface area contributed by atoms with Gasteiger partial charge in [-0.15, -0.1) is 0 Å². The van der Waals surface area contributed by atoms with Crippen LogP contribution in [0.15, 0.2) is 41.4 Å². The van der Waals surface area contributed by atoms with Crippen LogP contribution in [0.3, 0.4) is 0 Å². The van der Waals surface area contributed by atoms with Gasteiger partial charge in [-0.25, -0.2) is 13.2 Å². The number of likely N-dealkylation sites (tertiary alicyclic amines) is 2. The minimum Gasteiger partial charge on any atom is -0.367 e. The van der Waals surface area contributed by atoms with Crippen LogP contribution in [0.2, 0.25) is 5.02 Å². The topological polar surface area (TPSA) is 122 Å². The quantitative estimate of drug-likeness (QED) is 0.392. The average molecular weight is 670 g/mol. The lowest BCUT2D eigenvalue weighted by molar-refractivity contribution is -0.134. The molecule has 3 aromatic rings. The monoisotopic (exact) mass is 669 g/mol. The van der Waals surface area contributed by atoms with E-state index in [2.05, 4.69) is 31.4 Å². The van der Waals surface area contributed by atoms with Crippen LogP contribution in [0.1, 0.15) is 43.2 Å². The van der Waals surface area contributed by atoms with E-state index in [0.29, 0.717) is 56.8 Å². The molecule has 4 heterocycles. The Morgan fingerprint density at radius 1 is 0.978 bits per heavy atom. The van der Waals surface area contributed by atoms with Gasteiger partial charge in [-0.3, -0.25) is 9.89 Å². The summed E-state index contributed by atoms with van der Waals surface area (Å²) in [6.07, 6.45) is 9.07. The van der Waals surface area contributed by atoms with E-state index < -0.39 is 15.9 Å². The maximum Gasteiger partial charge on any atom is 0.318 e. The summed E-state index contributed by atoms with van der Waals surface area (Å²) in [6, 6.07) is 8.42. The van der Waals surface area contributed by atoms with Crippen molar-refractivity contribution in [2.24, 2.45) is 0 Å². The first-order chi connectivity index (χ1) is 22.1. The van der Waals surface area contributed by atoms with Crippen molar-refractivity contribution in [1.82, 2.24) is 30.2 Å². The molecule has 0 radical (unpaired) electrons. The number of H-pyrrole nitrogens is 1. The maximum absolute atomic E-state index is 14.1. The van der Waals surface area contributed by atoms with Gasteiger partial charge in [-0.05, 0) is 81.1 Å². The van der Waals surface area contributed by atoms with E-state index in [1.165, 1.54) is 25.3 Å². The van der Waals surface area contributed by atoms with Gasteiger partial charge in [0.15, 0.2) is 9.84 Å². The maximum atomic E-state index is 14.1. The SMILES string of the molecule is Cc1cc(C[C@@H](NC(=O)N2CCN(c3ccc(S(C)(=O)=O)cc3Cl)CC2)C(=O)N2CCC(N3CCCCC3)CC2)cc2cn[nH]c12. The number of nitrogens with one attached hydrogen (secondary N) is 2. The van der Waals surface area contributed by atoms with Crippen LogP contribution in [-0.4, -0.2) is 116 Å². The molecule has 11 nitrogen and oxygen atoms in total. The fourth-order valence-electron chi connectivity index (χ4n) is 7.19. The standard InChI is InChI=1S/C33H44ClN7O4S/c1-23-18-24(19-25-22-35-37-31(23)25)20-29(32(42)40-12-8-26(9-13-40)38-10-4-3-5-11-38)36-33(43)41-16-14-39(15-17-41)30-7-6-27(21-28(30)34)46(2,44)45/h6-7,18-19,21-22,26,29H,3-5,8-17,20H2,1-2H3,(H,35,37)(H,36,43)/t29-/m1/s1. The number of sulfone groups is 1. The van der Waals surface area contributed by atoms with Gasteiger partial charge in [0, 0.05) is 63.4 Å². The van der Waals surface area contributed by atoms with Crippen molar-refractivity contribution < 1.29 is 18.0 Å². The number of nitrogens with zero attached hydrogens (tertiary/aromatic N) is 5. The Bertz CT molecular complexity index is 1670. The first-order valence-corrected chi connectivity index (χ1v) is 18.6. The van der Waals surface area contributed by atoms with E-state index in [-0.39, 0.29) is 16.8 Å². The molecular weight excluding hydrogens is 626 g/mol. The predicted molar refractivity (Wildman–Crippen MR) is 180 cm³/mol. The number of carbonyl (C=O) groups is 2. The molecule has 0 saturated carbocycles. The van der Waals surface area contributed by atoms with Gasteiger partial charge in [0.1, 0.15) is 6.04 Å². The van der Waals surface area contributed by atoms with E-state index in [1.807, 2.05) is 17.9 Å². The van der Waals surface area contributed by atoms with E-state index in [4.69, 9.17) is 11.6 Å². The number of rotatable bonds is 7. The van der Waals surface area contributed by atoms with Crippen LogP contribution in [0.4, 0.5) is 10.5 Å². The van der Waals surface area contributed by atoms with Gasteiger partial charge in [-0.2, -0.15) is 5.10 Å². The highest BCUT2D eigenvalue weighted by atomic mass is 35.5. The Kier molecular flexibility index (Phi) is 9.77. The molecular formula is C33H44ClN7O4S. The number of piperidine rings is 2. The minimum absolute atomic E-state index is 0.0354. The van der Waals surface area contributed by atoms with Crippen LogP contribution in [0, 0.1) is 6.92 Å². The van der Waals surface area contributed by atoms with Crippen molar-refractivity contribution in [3.05, 3.63) is 52.7 Å². The molecule has 3 aliphatic rings. The molecule has 6 rings (SSSR count). The van der Waals surface area contributed by atoms with Crippen molar-refractivity contribution >= 4 is 50.0 Å². The smallest absolute Gasteiger partial charge is 0.318 e. The fraction of sp³-hybridized carbons (Fsp3) is 0.545. The van der Waals surface area contributed by atoms with E-state index in [0.717, 1.165) is 59.9 Å². The first kappa shape index (κ1) is 32.6. The molecule has 0 spiro atoms. The lowest BCUT2D eigenvalue weighted by atomic mass is 9.97. The summed E-state index contributed by atoms with van der Waals surface area (Å²) in [4.78, 5) is 36.2. The number of halogens is 1. The number of hydrogen-bond donors (Lipinski definition) is 2. The molecule has 2 aromatic carbocycles. The van der Waals surface area contributed by atoms with Crippen LogP contribution in [0.5, 0.6) is 0 Å². The number of urea groups is 1. The molecule has 3 fully saturated rings. The molecule has 46 heavy (non-hydrogen) atoms. The number of carbonyl (C=O) groups excluding carboxylic acids is 2. The van der Waals surface area contributed by atoms with Gasteiger partial charge in [0.2, 0.25) is 5.91 Å². The van der Waals surface area contributed by atoms with Crippen molar-refractivity contribution in [3.63, 3.8) is 0 Å². The second-order valence-electron chi connectivity index (χ2n) is 13.0. The number of anilines is 1. The number of benzene rings is 2. The highest BCUT2D eigenvalue weighted by Gasteiger charge is 2.33. The largest absolute Gasteiger partial charge is 0.367 e. The highest BCUT2D eigenvalue weighted by Crippen LogP contribution is 2.30. The number of piperazine rings is 1. The van der Waals surface area contributed by atoms with Crippen LogP contribution >= 0.6 is 11.6 Å². The second kappa shape index (κ2) is 13.8. The number of aromatic amines is 1. The molecule has 0 bridgehead atoms. The number of fused-ring (bicyclic) bond motifs is 1. The van der Waals surface area contributed by atoms with Gasteiger partial charge < -0.3 is 24.9 Å².